The molecule has 0 unspecified atom stereocenters. The lowest BCUT2D eigenvalue weighted by atomic mass is 10.0. The molecule has 0 aromatic heterocycles. The molecule has 3 N–H and O–H groups in total. The molecular formula is C15H19NO4S. The monoisotopic (exact) mass is 309 g/mol. The van der Waals surface area contributed by atoms with E-state index in [2.05, 4.69) is 4.72 Å². The summed E-state index contributed by atoms with van der Waals surface area (Å²) in [5.41, 5.74) is -1.25. The number of benzene rings is 2. The molecule has 0 heterocycles. The van der Waals surface area contributed by atoms with Crippen LogP contribution in [0, 0.1) is 0 Å². The number of aliphatic hydroxyl groups is 2. The Hall–Kier alpha value is -1.47. The predicted molar refractivity (Wildman–Crippen MR) is 81.5 cm³/mol. The quantitative estimate of drug-likeness (QED) is 0.749. The summed E-state index contributed by atoms with van der Waals surface area (Å²) in [6.45, 7) is 0.773. The van der Waals surface area contributed by atoms with E-state index in [0.29, 0.717) is 0 Å². The van der Waals surface area contributed by atoms with Gasteiger partial charge in [-0.05, 0) is 29.3 Å². The van der Waals surface area contributed by atoms with E-state index in [9.17, 15) is 18.6 Å². The summed E-state index contributed by atoms with van der Waals surface area (Å²) in [6.07, 6.45) is 0.285. The molecule has 0 saturated carbocycles. The Morgan fingerprint density at radius 2 is 1.67 bits per heavy atom. The minimum absolute atomic E-state index is 0.112. The summed E-state index contributed by atoms with van der Waals surface area (Å²) >= 11 is 0. The van der Waals surface area contributed by atoms with Crippen molar-refractivity contribution in [2.45, 2.75) is 23.8 Å². The second-order valence-electron chi connectivity index (χ2n) is 5.06. The normalized spacial score (nSPS) is 12.7. The van der Waals surface area contributed by atoms with Crippen LogP contribution in [0.2, 0.25) is 0 Å². The van der Waals surface area contributed by atoms with Crippen molar-refractivity contribution in [3.63, 3.8) is 0 Å². The van der Waals surface area contributed by atoms with Crippen molar-refractivity contribution >= 4 is 20.8 Å². The number of sulfonamides is 1. The highest BCUT2D eigenvalue weighted by Gasteiger charge is 2.32. The van der Waals surface area contributed by atoms with Gasteiger partial charge in [0.2, 0.25) is 10.0 Å². The van der Waals surface area contributed by atoms with E-state index < -0.39 is 28.8 Å². The Kier molecular flexibility index (Phi) is 4.63. The average Bonchev–Trinajstić information content (AvgIpc) is 2.52. The van der Waals surface area contributed by atoms with Crippen molar-refractivity contribution in [1.82, 2.24) is 4.72 Å². The van der Waals surface area contributed by atoms with E-state index in [1.165, 1.54) is 6.07 Å². The maximum atomic E-state index is 12.4. The van der Waals surface area contributed by atoms with Crippen LogP contribution in [0.4, 0.5) is 0 Å². The van der Waals surface area contributed by atoms with Crippen LogP contribution >= 0.6 is 0 Å². The molecule has 2 aromatic carbocycles. The van der Waals surface area contributed by atoms with Crippen LogP contribution in [0.15, 0.2) is 47.4 Å². The molecule has 0 saturated heterocycles. The fourth-order valence-corrected chi connectivity index (χ4v) is 3.58. The van der Waals surface area contributed by atoms with Crippen molar-refractivity contribution in [1.29, 1.82) is 0 Å². The summed E-state index contributed by atoms with van der Waals surface area (Å²) in [5.74, 6) is 0. The Morgan fingerprint density at radius 1 is 1.05 bits per heavy atom. The zero-order chi connectivity index (χ0) is 15.5. The zero-order valence-corrected chi connectivity index (χ0v) is 12.6. The van der Waals surface area contributed by atoms with Gasteiger partial charge in [0.25, 0.3) is 0 Å². The van der Waals surface area contributed by atoms with Gasteiger partial charge in [0.05, 0.1) is 23.6 Å². The van der Waals surface area contributed by atoms with Gasteiger partial charge in [-0.25, -0.2) is 13.1 Å². The molecule has 114 valence electrons. The summed E-state index contributed by atoms with van der Waals surface area (Å²) in [4.78, 5) is 0.112. The fourth-order valence-electron chi connectivity index (χ4n) is 2.09. The van der Waals surface area contributed by atoms with E-state index in [4.69, 9.17) is 0 Å². The minimum Gasteiger partial charge on any atom is -0.394 e. The Bertz CT molecular complexity index is 715. The van der Waals surface area contributed by atoms with Gasteiger partial charge in [-0.15, -0.1) is 0 Å². The number of aliphatic hydroxyl groups excluding tert-OH is 2. The molecule has 2 aromatic rings. The van der Waals surface area contributed by atoms with Crippen molar-refractivity contribution < 1.29 is 18.6 Å². The maximum absolute atomic E-state index is 12.4. The van der Waals surface area contributed by atoms with Gasteiger partial charge < -0.3 is 10.2 Å². The summed E-state index contributed by atoms with van der Waals surface area (Å²) in [7, 11) is -3.82. The number of nitrogens with one attached hydrogen (secondary N) is 1. The highest BCUT2D eigenvalue weighted by Crippen LogP contribution is 2.21. The molecule has 0 aliphatic heterocycles. The third-order valence-electron chi connectivity index (χ3n) is 3.66. The summed E-state index contributed by atoms with van der Waals surface area (Å²) in [6, 6.07) is 12.3. The van der Waals surface area contributed by atoms with Gasteiger partial charge in [-0.1, -0.05) is 37.3 Å². The molecule has 2 rings (SSSR count). The number of rotatable bonds is 6. The van der Waals surface area contributed by atoms with Crippen molar-refractivity contribution in [2.75, 3.05) is 13.2 Å². The van der Waals surface area contributed by atoms with Crippen LogP contribution < -0.4 is 4.72 Å². The van der Waals surface area contributed by atoms with Gasteiger partial charge in [-0.3, -0.25) is 0 Å². The first-order valence-corrected chi connectivity index (χ1v) is 8.19. The van der Waals surface area contributed by atoms with E-state index >= 15 is 0 Å². The van der Waals surface area contributed by atoms with Gasteiger partial charge in [-0.2, -0.15) is 0 Å². The fraction of sp³-hybridized carbons (Fsp3) is 0.333. The molecule has 21 heavy (non-hydrogen) atoms. The third-order valence-corrected chi connectivity index (χ3v) is 5.24. The molecule has 6 heteroatoms. The topological polar surface area (TPSA) is 86.6 Å². The second-order valence-corrected chi connectivity index (χ2v) is 6.75. The van der Waals surface area contributed by atoms with E-state index in [1.54, 1.807) is 19.1 Å². The zero-order valence-electron chi connectivity index (χ0n) is 11.8. The lowest BCUT2D eigenvalue weighted by Gasteiger charge is -2.29. The van der Waals surface area contributed by atoms with E-state index in [0.717, 1.165) is 10.8 Å². The Labute approximate surface area is 124 Å². The summed E-state index contributed by atoms with van der Waals surface area (Å²) < 4.78 is 27.3. The van der Waals surface area contributed by atoms with Gasteiger partial charge in [0.1, 0.15) is 0 Å². The second kappa shape index (κ2) is 6.11. The maximum Gasteiger partial charge on any atom is 0.241 e. The molecular weight excluding hydrogens is 290 g/mol. The van der Waals surface area contributed by atoms with Gasteiger partial charge in [0, 0.05) is 0 Å². The minimum atomic E-state index is -3.82. The van der Waals surface area contributed by atoms with Crippen molar-refractivity contribution in [3.05, 3.63) is 42.5 Å². The first-order chi connectivity index (χ1) is 9.96. The largest absolute Gasteiger partial charge is 0.394 e. The lowest BCUT2D eigenvalue weighted by molar-refractivity contribution is 0.105. The Balaban J connectivity index is 2.41. The molecule has 0 atom stereocenters. The molecule has 0 aliphatic rings. The van der Waals surface area contributed by atoms with Crippen molar-refractivity contribution in [3.8, 4) is 0 Å². The lowest BCUT2D eigenvalue weighted by Crippen LogP contribution is -2.53. The van der Waals surface area contributed by atoms with E-state index in [-0.39, 0.29) is 11.3 Å². The van der Waals surface area contributed by atoms with Crippen LogP contribution in [0.1, 0.15) is 13.3 Å². The van der Waals surface area contributed by atoms with Gasteiger partial charge >= 0.3 is 0 Å². The number of hydrogen-bond donors (Lipinski definition) is 3. The van der Waals surface area contributed by atoms with Crippen LogP contribution in [0.5, 0.6) is 0 Å². The number of fused-ring (bicyclic) bond motifs is 1. The first-order valence-electron chi connectivity index (χ1n) is 6.71. The van der Waals surface area contributed by atoms with Crippen LogP contribution in [0.25, 0.3) is 10.8 Å². The molecule has 0 fully saturated rings. The Morgan fingerprint density at radius 3 is 2.24 bits per heavy atom. The molecule has 0 radical (unpaired) electrons. The molecule has 0 aliphatic carbocycles. The number of hydrogen-bond acceptors (Lipinski definition) is 4. The highest BCUT2D eigenvalue weighted by molar-refractivity contribution is 7.89. The van der Waals surface area contributed by atoms with Gasteiger partial charge in [0.15, 0.2) is 0 Å². The van der Waals surface area contributed by atoms with E-state index in [1.807, 2.05) is 24.3 Å². The molecule has 0 amide bonds. The summed E-state index contributed by atoms with van der Waals surface area (Å²) in [5, 5.41) is 20.5. The highest BCUT2D eigenvalue weighted by atomic mass is 32.2. The SMILES string of the molecule is CCC(CO)(CO)NS(=O)(=O)c1ccc2ccccc2c1. The molecule has 0 bridgehead atoms. The van der Waals surface area contributed by atoms with Crippen LogP contribution in [0.3, 0.4) is 0 Å². The van der Waals surface area contributed by atoms with Crippen molar-refractivity contribution in [2.24, 2.45) is 0 Å². The average molecular weight is 309 g/mol. The smallest absolute Gasteiger partial charge is 0.241 e. The first kappa shape index (κ1) is 15.9. The molecule has 5 nitrogen and oxygen atoms in total. The standard InChI is InChI=1S/C15H19NO4S/c1-2-15(10-17,11-18)16-21(19,20)14-8-7-12-5-3-4-6-13(12)9-14/h3-9,16-18H,2,10-11H2,1H3. The third kappa shape index (κ3) is 3.24. The molecule has 0 spiro atoms. The predicted octanol–water partition coefficient (Wildman–Crippen LogP) is 1.25. The van der Waals surface area contributed by atoms with Crippen LogP contribution in [-0.4, -0.2) is 37.4 Å². The van der Waals surface area contributed by atoms with Crippen LogP contribution in [-0.2, 0) is 10.0 Å².